The molecule has 1 heterocycles. The first-order valence-corrected chi connectivity index (χ1v) is 7.28. The van der Waals surface area contributed by atoms with Crippen LogP contribution in [0.1, 0.15) is 19.4 Å². The molecule has 5 nitrogen and oxygen atoms in total. The van der Waals surface area contributed by atoms with E-state index in [0.717, 1.165) is 19.6 Å². The van der Waals surface area contributed by atoms with Gasteiger partial charge in [-0.25, -0.2) is 0 Å². The van der Waals surface area contributed by atoms with Gasteiger partial charge in [0.2, 0.25) is 0 Å². The highest BCUT2D eigenvalue weighted by Gasteiger charge is 2.26. The van der Waals surface area contributed by atoms with Gasteiger partial charge in [0.25, 0.3) is 5.91 Å². The highest BCUT2D eigenvalue weighted by molar-refractivity contribution is 5.83. The van der Waals surface area contributed by atoms with Gasteiger partial charge in [-0.05, 0) is 12.5 Å². The lowest BCUT2D eigenvalue weighted by Crippen LogP contribution is -2.51. The van der Waals surface area contributed by atoms with Gasteiger partial charge in [-0.2, -0.15) is 0 Å². The van der Waals surface area contributed by atoms with E-state index in [0.29, 0.717) is 13.1 Å². The molecule has 5 heteroatoms. The molecule has 0 spiro atoms. The topological polar surface area (TPSA) is 49.9 Å². The second-order valence-corrected chi connectivity index (χ2v) is 5.34. The number of hydrogen-bond acceptors (Lipinski definition) is 4. The molecule has 1 atom stereocenters. The zero-order chi connectivity index (χ0) is 15.2. The first kappa shape index (κ1) is 15.5. The maximum Gasteiger partial charge on any atom is 0.303 e. The van der Waals surface area contributed by atoms with Crippen LogP contribution in [-0.4, -0.2) is 54.0 Å². The Balaban J connectivity index is 1.80. The summed E-state index contributed by atoms with van der Waals surface area (Å²) in [4.78, 5) is 27.1. The van der Waals surface area contributed by atoms with Gasteiger partial charge in [-0.3, -0.25) is 14.5 Å². The summed E-state index contributed by atoms with van der Waals surface area (Å²) >= 11 is 0. The molecule has 1 aromatic carbocycles. The molecule has 21 heavy (non-hydrogen) atoms. The molecule has 0 radical (unpaired) electrons. The molecule has 0 bridgehead atoms. The van der Waals surface area contributed by atoms with E-state index in [1.807, 2.05) is 18.2 Å². The van der Waals surface area contributed by atoms with Crippen molar-refractivity contribution < 1.29 is 14.3 Å². The monoisotopic (exact) mass is 290 g/mol. The number of nitrogens with zero attached hydrogens (tertiary/aromatic N) is 2. The number of piperazine rings is 1. The molecule has 0 aromatic heterocycles. The number of amides is 1. The Morgan fingerprint density at radius 3 is 2.33 bits per heavy atom. The zero-order valence-corrected chi connectivity index (χ0v) is 12.6. The third-order valence-corrected chi connectivity index (χ3v) is 3.62. The maximum atomic E-state index is 12.1. The summed E-state index contributed by atoms with van der Waals surface area (Å²) in [6, 6.07) is 10.3. The van der Waals surface area contributed by atoms with Gasteiger partial charge in [0.1, 0.15) is 0 Å². The normalized spacial score (nSPS) is 17.3. The Labute approximate surface area is 125 Å². The lowest BCUT2D eigenvalue weighted by Gasteiger charge is -2.35. The van der Waals surface area contributed by atoms with E-state index in [9.17, 15) is 9.59 Å². The largest absolute Gasteiger partial charge is 0.453 e. The van der Waals surface area contributed by atoms with Crippen LogP contribution in [0.3, 0.4) is 0 Å². The second kappa shape index (κ2) is 7.22. The third kappa shape index (κ3) is 4.56. The fourth-order valence-electron chi connectivity index (χ4n) is 2.52. The lowest BCUT2D eigenvalue weighted by atomic mass is 10.2. The Kier molecular flexibility index (Phi) is 5.33. The minimum Gasteiger partial charge on any atom is -0.453 e. The molecule has 1 saturated heterocycles. The predicted molar refractivity (Wildman–Crippen MR) is 79.5 cm³/mol. The predicted octanol–water partition coefficient (Wildman–Crippen LogP) is 1.28. The van der Waals surface area contributed by atoms with Crippen molar-refractivity contribution in [3.05, 3.63) is 35.9 Å². The summed E-state index contributed by atoms with van der Waals surface area (Å²) in [6.07, 6.45) is -0.692. The van der Waals surface area contributed by atoms with Gasteiger partial charge in [-0.1, -0.05) is 30.3 Å². The quantitative estimate of drug-likeness (QED) is 0.784. The Bertz CT molecular complexity index is 482. The van der Waals surface area contributed by atoms with Crippen molar-refractivity contribution in [1.82, 2.24) is 9.80 Å². The minimum absolute atomic E-state index is 0.107. The van der Waals surface area contributed by atoms with Crippen molar-refractivity contribution in [3.63, 3.8) is 0 Å². The van der Waals surface area contributed by atoms with Gasteiger partial charge in [0.05, 0.1) is 0 Å². The molecule has 1 amide bonds. The molecule has 2 rings (SSSR count). The van der Waals surface area contributed by atoms with Gasteiger partial charge < -0.3 is 9.64 Å². The molecule has 1 aliphatic rings. The highest BCUT2D eigenvalue weighted by Crippen LogP contribution is 2.10. The smallest absolute Gasteiger partial charge is 0.303 e. The van der Waals surface area contributed by atoms with Gasteiger partial charge in [0, 0.05) is 39.6 Å². The maximum absolute atomic E-state index is 12.1. The fourth-order valence-corrected chi connectivity index (χ4v) is 2.52. The molecule has 0 aliphatic carbocycles. The van der Waals surface area contributed by atoms with E-state index in [4.69, 9.17) is 4.74 Å². The Morgan fingerprint density at radius 2 is 1.76 bits per heavy atom. The van der Waals surface area contributed by atoms with Crippen molar-refractivity contribution in [2.75, 3.05) is 26.2 Å². The van der Waals surface area contributed by atoms with Crippen molar-refractivity contribution >= 4 is 11.9 Å². The van der Waals surface area contributed by atoms with Crippen molar-refractivity contribution in [3.8, 4) is 0 Å². The average Bonchev–Trinajstić information content (AvgIpc) is 2.47. The third-order valence-electron chi connectivity index (χ3n) is 3.62. The van der Waals surface area contributed by atoms with E-state index in [1.54, 1.807) is 11.8 Å². The number of esters is 1. The minimum atomic E-state index is -0.692. The van der Waals surface area contributed by atoms with Crippen molar-refractivity contribution in [1.29, 1.82) is 0 Å². The van der Waals surface area contributed by atoms with Crippen LogP contribution in [-0.2, 0) is 20.9 Å². The van der Waals surface area contributed by atoms with Crippen LogP contribution in [0.4, 0.5) is 0 Å². The number of rotatable bonds is 4. The van der Waals surface area contributed by atoms with Crippen molar-refractivity contribution in [2.45, 2.75) is 26.5 Å². The van der Waals surface area contributed by atoms with Crippen LogP contribution in [0.25, 0.3) is 0 Å². The summed E-state index contributed by atoms with van der Waals surface area (Å²) in [7, 11) is 0. The molecule has 1 fully saturated rings. The zero-order valence-electron chi connectivity index (χ0n) is 12.6. The molecule has 114 valence electrons. The number of carbonyl (C=O) groups is 2. The molecule has 0 unspecified atom stereocenters. The van der Waals surface area contributed by atoms with Crippen LogP contribution < -0.4 is 0 Å². The molecular weight excluding hydrogens is 268 g/mol. The first-order chi connectivity index (χ1) is 10.1. The fraction of sp³-hybridized carbons (Fsp3) is 0.500. The van der Waals surface area contributed by atoms with Crippen LogP contribution in [0.2, 0.25) is 0 Å². The van der Waals surface area contributed by atoms with Gasteiger partial charge >= 0.3 is 5.97 Å². The van der Waals surface area contributed by atoms with Gasteiger partial charge in [-0.15, -0.1) is 0 Å². The summed E-state index contributed by atoms with van der Waals surface area (Å²) < 4.78 is 4.94. The van der Waals surface area contributed by atoms with E-state index in [1.165, 1.54) is 12.5 Å². The SMILES string of the molecule is CC(=O)O[C@@H](C)C(=O)N1CCN(Cc2ccccc2)CC1. The van der Waals surface area contributed by atoms with Gasteiger partial charge in [0.15, 0.2) is 6.10 Å². The molecule has 1 aromatic rings. The van der Waals surface area contributed by atoms with Crippen LogP contribution in [0.5, 0.6) is 0 Å². The second-order valence-electron chi connectivity index (χ2n) is 5.34. The summed E-state index contributed by atoms with van der Waals surface area (Å²) in [5.74, 6) is -0.525. The molecule has 1 aliphatic heterocycles. The van der Waals surface area contributed by atoms with E-state index >= 15 is 0 Å². The molecular formula is C16H22N2O3. The van der Waals surface area contributed by atoms with Crippen LogP contribution >= 0.6 is 0 Å². The lowest BCUT2D eigenvalue weighted by molar-refractivity contribution is -0.158. The van der Waals surface area contributed by atoms with Crippen LogP contribution in [0.15, 0.2) is 30.3 Å². The van der Waals surface area contributed by atoms with E-state index < -0.39 is 12.1 Å². The summed E-state index contributed by atoms with van der Waals surface area (Å²) in [5.41, 5.74) is 1.28. The average molecular weight is 290 g/mol. The Hall–Kier alpha value is -1.88. The summed E-state index contributed by atoms with van der Waals surface area (Å²) in [6.45, 7) is 6.89. The molecule has 0 N–H and O–H groups in total. The van der Waals surface area contributed by atoms with Crippen molar-refractivity contribution in [2.24, 2.45) is 0 Å². The molecule has 0 saturated carbocycles. The first-order valence-electron chi connectivity index (χ1n) is 7.28. The van der Waals surface area contributed by atoms with E-state index in [2.05, 4.69) is 17.0 Å². The standard InChI is InChI=1S/C16H22N2O3/c1-13(21-14(2)19)16(20)18-10-8-17(9-11-18)12-15-6-4-3-5-7-15/h3-7,13H,8-12H2,1-2H3/t13-/m0/s1. The number of ether oxygens (including phenoxy) is 1. The van der Waals surface area contributed by atoms with Crippen LogP contribution in [0, 0.1) is 0 Å². The number of benzene rings is 1. The van der Waals surface area contributed by atoms with E-state index in [-0.39, 0.29) is 5.91 Å². The summed E-state index contributed by atoms with van der Waals surface area (Å²) in [5, 5.41) is 0. The Morgan fingerprint density at radius 1 is 1.14 bits per heavy atom. The highest BCUT2D eigenvalue weighted by atomic mass is 16.5. The number of hydrogen-bond donors (Lipinski definition) is 0. The number of carbonyl (C=O) groups excluding carboxylic acids is 2.